The molecule has 1 atom stereocenters. The predicted octanol–water partition coefficient (Wildman–Crippen LogP) is 2.62. The van der Waals surface area contributed by atoms with Gasteiger partial charge in [0.15, 0.2) is 0 Å². The fourth-order valence-corrected chi connectivity index (χ4v) is 4.31. The SMILES string of the molecule is CC1CCCC[Si]1(C)C.[LiH]. The summed E-state index contributed by atoms with van der Waals surface area (Å²) in [6, 6.07) is 1.58. The molecule has 2 heteroatoms. The summed E-state index contributed by atoms with van der Waals surface area (Å²) in [4.78, 5) is 0. The summed E-state index contributed by atoms with van der Waals surface area (Å²) in [7, 11) is -0.694. The zero-order chi connectivity index (χ0) is 6.91. The average molecular weight is 150 g/mol. The van der Waals surface area contributed by atoms with Crippen molar-refractivity contribution in [2.75, 3.05) is 0 Å². The van der Waals surface area contributed by atoms with Gasteiger partial charge in [0.05, 0.1) is 8.07 Å². The predicted molar refractivity (Wildman–Crippen MR) is 52.7 cm³/mol. The molecule has 0 spiro atoms. The number of hydrogen-bond donors (Lipinski definition) is 0. The molecule has 0 radical (unpaired) electrons. The molecule has 1 heterocycles. The Hall–Kier alpha value is 0.814. The van der Waals surface area contributed by atoms with Gasteiger partial charge >= 0.3 is 18.9 Å². The number of hydrogen-bond acceptors (Lipinski definition) is 0. The average Bonchev–Trinajstić information content (AvgIpc) is 1.77. The fraction of sp³-hybridized carbons (Fsp3) is 1.00. The summed E-state index contributed by atoms with van der Waals surface area (Å²) < 4.78 is 0. The molecule has 0 aromatic heterocycles. The van der Waals surface area contributed by atoms with Crippen molar-refractivity contribution in [2.45, 2.75) is 50.9 Å². The Balaban J connectivity index is 0.000000810. The Labute approximate surface area is 78.0 Å². The first-order valence-corrected chi connectivity index (χ1v) is 7.41. The second kappa shape index (κ2) is 4.00. The van der Waals surface area contributed by atoms with Crippen LogP contribution in [0, 0.1) is 0 Å². The van der Waals surface area contributed by atoms with Crippen LogP contribution in [0.15, 0.2) is 0 Å². The molecule has 1 fully saturated rings. The van der Waals surface area contributed by atoms with Gasteiger partial charge in [-0.2, -0.15) is 0 Å². The van der Waals surface area contributed by atoms with Crippen molar-refractivity contribution in [3.63, 3.8) is 0 Å². The summed E-state index contributed by atoms with van der Waals surface area (Å²) in [6.07, 6.45) is 4.53. The molecule has 1 saturated heterocycles. The minimum absolute atomic E-state index is 0. The first-order chi connectivity index (χ1) is 4.13. The first kappa shape index (κ1) is 10.8. The molecule has 1 aliphatic rings. The molecule has 0 aromatic carbocycles. The van der Waals surface area contributed by atoms with Crippen LogP contribution in [0.2, 0.25) is 24.7 Å². The van der Waals surface area contributed by atoms with Gasteiger partial charge in [-0.15, -0.1) is 0 Å². The standard InChI is InChI=1S/C8H18Si.Li.H/c1-8-6-4-5-7-9(8,2)3;;/h8H,4-7H2,1-3H3;;. The van der Waals surface area contributed by atoms with Crippen molar-refractivity contribution in [1.82, 2.24) is 0 Å². The van der Waals surface area contributed by atoms with E-state index in [9.17, 15) is 0 Å². The van der Waals surface area contributed by atoms with E-state index in [-0.39, 0.29) is 18.9 Å². The first-order valence-electron chi connectivity index (χ1n) is 4.13. The molecule has 0 saturated carbocycles. The maximum atomic E-state index is 2.54. The van der Waals surface area contributed by atoms with Crippen LogP contribution in [0.1, 0.15) is 26.2 Å². The van der Waals surface area contributed by atoms with Crippen molar-refractivity contribution in [3.05, 3.63) is 0 Å². The Bertz CT molecular complexity index is 101. The molecule has 0 aromatic rings. The molecule has 56 valence electrons. The number of rotatable bonds is 0. The Morgan fingerprint density at radius 2 is 1.80 bits per heavy atom. The van der Waals surface area contributed by atoms with Gasteiger partial charge in [-0.3, -0.25) is 0 Å². The third-order valence-electron chi connectivity index (χ3n) is 3.04. The van der Waals surface area contributed by atoms with E-state index in [1.807, 2.05) is 0 Å². The van der Waals surface area contributed by atoms with Gasteiger partial charge in [0.25, 0.3) is 0 Å². The van der Waals surface area contributed by atoms with Gasteiger partial charge < -0.3 is 0 Å². The van der Waals surface area contributed by atoms with Crippen LogP contribution < -0.4 is 0 Å². The second-order valence-corrected chi connectivity index (χ2v) is 9.60. The Morgan fingerprint density at radius 1 is 1.20 bits per heavy atom. The third-order valence-corrected chi connectivity index (χ3v) is 7.64. The summed E-state index contributed by atoms with van der Waals surface area (Å²) in [6.45, 7) is 7.53. The van der Waals surface area contributed by atoms with Crippen molar-refractivity contribution >= 4 is 26.9 Å². The van der Waals surface area contributed by atoms with Gasteiger partial charge in [0.1, 0.15) is 0 Å². The summed E-state index contributed by atoms with van der Waals surface area (Å²) in [5.41, 5.74) is 1.09. The van der Waals surface area contributed by atoms with Crippen molar-refractivity contribution < 1.29 is 0 Å². The molecule has 0 bridgehead atoms. The van der Waals surface area contributed by atoms with Gasteiger partial charge in [-0.1, -0.05) is 45.3 Å². The molecular weight excluding hydrogens is 131 g/mol. The third kappa shape index (κ3) is 2.45. The zero-order valence-electron chi connectivity index (χ0n) is 6.91. The Morgan fingerprint density at radius 3 is 2.10 bits per heavy atom. The van der Waals surface area contributed by atoms with E-state index in [2.05, 4.69) is 20.0 Å². The van der Waals surface area contributed by atoms with Crippen LogP contribution in [-0.2, 0) is 0 Å². The van der Waals surface area contributed by atoms with Gasteiger partial charge in [0.2, 0.25) is 0 Å². The van der Waals surface area contributed by atoms with Crippen molar-refractivity contribution in [1.29, 1.82) is 0 Å². The Kier molecular flexibility index (Phi) is 4.32. The van der Waals surface area contributed by atoms with E-state index < -0.39 is 8.07 Å². The second-order valence-electron chi connectivity index (χ2n) is 4.14. The van der Waals surface area contributed by atoms with Crippen molar-refractivity contribution in [2.24, 2.45) is 0 Å². The topological polar surface area (TPSA) is 0 Å². The van der Waals surface area contributed by atoms with Gasteiger partial charge in [-0.05, 0) is 5.54 Å². The summed E-state index contributed by atoms with van der Waals surface area (Å²) in [5, 5.41) is 0. The molecule has 0 N–H and O–H groups in total. The molecule has 1 unspecified atom stereocenters. The summed E-state index contributed by atoms with van der Waals surface area (Å²) in [5.74, 6) is 0. The van der Waals surface area contributed by atoms with E-state index in [0.717, 1.165) is 5.54 Å². The van der Waals surface area contributed by atoms with Crippen LogP contribution >= 0.6 is 0 Å². The molecule has 0 nitrogen and oxygen atoms in total. The fourth-order valence-electron chi connectivity index (χ4n) is 1.67. The van der Waals surface area contributed by atoms with Crippen LogP contribution in [0.4, 0.5) is 0 Å². The normalized spacial score (nSPS) is 30.9. The van der Waals surface area contributed by atoms with Crippen LogP contribution in [-0.4, -0.2) is 26.9 Å². The zero-order valence-corrected chi connectivity index (χ0v) is 7.91. The van der Waals surface area contributed by atoms with E-state index in [1.165, 1.54) is 19.3 Å². The minimum atomic E-state index is -0.694. The van der Waals surface area contributed by atoms with Crippen LogP contribution in [0.5, 0.6) is 0 Å². The van der Waals surface area contributed by atoms with Crippen molar-refractivity contribution in [3.8, 4) is 0 Å². The van der Waals surface area contributed by atoms with E-state index in [1.54, 1.807) is 6.04 Å². The monoisotopic (exact) mass is 150 g/mol. The van der Waals surface area contributed by atoms with Gasteiger partial charge in [-0.25, -0.2) is 0 Å². The molecule has 0 aliphatic carbocycles. The van der Waals surface area contributed by atoms with E-state index in [4.69, 9.17) is 0 Å². The van der Waals surface area contributed by atoms with Crippen LogP contribution in [0.25, 0.3) is 0 Å². The maximum absolute atomic E-state index is 2.54. The quantitative estimate of drug-likeness (QED) is 0.466. The molecular formula is C8H19LiSi. The van der Waals surface area contributed by atoms with Gasteiger partial charge in [0, 0.05) is 0 Å². The molecule has 1 rings (SSSR count). The molecule has 0 amide bonds. The van der Waals surface area contributed by atoms with E-state index >= 15 is 0 Å². The van der Waals surface area contributed by atoms with E-state index in [0.29, 0.717) is 0 Å². The van der Waals surface area contributed by atoms with Crippen LogP contribution in [0.3, 0.4) is 0 Å². The molecule has 10 heavy (non-hydrogen) atoms. The molecule has 1 aliphatic heterocycles. The summed E-state index contributed by atoms with van der Waals surface area (Å²) >= 11 is 0.